The van der Waals surface area contributed by atoms with Crippen LogP contribution in [0, 0.1) is 0 Å². The molecule has 1 rings (SSSR count). The van der Waals surface area contributed by atoms with Crippen molar-refractivity contribution in [3.8, 4) is 0 Å². The molecular formula is C9H11F3N2O. The minimum absolute atomic E-state index is 0.107. The molecular weight excluding hydrogens is 209 g/mol. The highest BCUT2D eigenvalue weighted by Crippen LogP contribution is 2.32. The van der Waals surface area contributed by atoms with Gasteiger partial charge in [-0.2, -0.15) is 18.3 Å². The lowest BCUT2D eigenvalue weighted by atomic mass is 10.0. The number of aryl methyl sites for hydroxylation is 1. The van der Waals surface area contributed by atoms with Crippen molar-refractivity contribution in [1.82, 2.24) is 9.78 Å². The standard InChI is InChI=1S/C9H11F3N2O/c1-5(2)8-6(9(10,11)12)4-7(15)14(3)13-8/h4-5H,1-3H3. The molecule has 0 radical (unpaired) electrons. The third-order valence-corrected chi connectivity index (χ3v) is 1.97. The highest BCUT2D eigenvalue weighted by Gasteiger charge is 2.35. The van der Waals surface area contributed by atoms with Gasteiger partial charge in [0.15, 0.2) is 0 Å². The van der Waals surface area contributed by atoms with Gasteiger partial charge in [0.1, 0.15) is 0 Å². The normalized spacial score (nSPS) is 12.2. The molecule has 0 aromatic carbocycles. The molecule has 0 saturated carbocycles. The first kappa shape index (κ1) is 11.7. The first-order valence-electron chi connectivity index (χ1n) is 4.39. The maximum atomic E-state index is 12.5. The maximum Gasteiger partial charge on any atom is 0.418 e. The van der Waals surface area contributed by atoms with Crippen molar-refractivity contribution >= 4 is 0 Å². The van der Waals surface area contributed by atoms with Crippen LogP contribution in [0.3, 0.4) is 0 Å². The number of hydrogen-bond donors (Lipinski definition) is 0. The Labute approximate surface area is 84.5 Å². The van der Waals surface area contributed by atoms with E-state index in [1.54, 1.807) is 13.8 Å². The van der Waals surface area contributed by atoms with E-state index in [1.165, 1.54) is 7.05 Å². The number of aromatic nitrogens is 2. The van der Waals surface area contributed by atoms with E-state index in [2.05, 4.69) is 5.10 Å². The molecule has 0 saturated heterocycles. The zero-order chi connectivity index (χ0) is 11.8. The minimum atomic E-state index is -4.53. The Morgan fingerprint density at radius 1 is 1.40 bits per heavy atom. The van der Waals surface area contributed by atoms with Gasteiger partial charge in [0.2, 0.25) is 0 Å². The SMILES string of the molecule is CC(C)c1nn(C)c(=O)cc1C(F)(F)F. The van der Waals surface area contributed by atoms with Gasteiger partial charge < -0.3 is 0 Å². The van der Waals surface area contributed by atoms with Gasteiger partial charge in [-0.1, -0.05) is 13.8 Å². The van der Waals surface area contributed by atoms with Crippen LogP contribution in [0.2, 0.25) is 0 Å². The van der Waals surface area contributed by atoms with Crippen LogP contribution in [0.15, 0.2) is 10.9 Å². The molecule has 6 heteroatoms. The Hall–Kier alpha value is -1.33. The van der Waals surface area contributed by atoms with Gasteiger partial charge in [0.25, 0.3) is 5.56 Å². The number of nitrogens with zero attached hydrogens (tertiary/aromatic N) is 2. The Morgan fingerprint density at radius 3 is 2.33 bits per heavy atom. The van der Waals surface area contributed by atoms with Crippen molar-refractivity contribution in [2.75, 3.05) is 0 Å². The van der Waals surface area contributed by atoms with Crippen molar-refractivity contribution < 1.29 is 13.2 Å². The number of halogens is 3. The molecule has 84 valence electrons. The van der Waals surface area contributed by atoms with Crippen LogP contribution >= 0.6 is 0 Å². The van der Waals surface area contributed by atoms with E-state index in [-0.39, 0.29) is 11.6 Å². The van der Waals surface area contributed by atoms with E-state index in [0.29, 0.717) is 6.07 Å². The lowest BCUT2D eigenvalue weighted by molar-refractivity contribution is -0.138. The molecule has 1 aromatic heterocycles. The summed E-state index contributed by atoms with van der Waals surface area (Å²) in [6, 6.07) is 0.586. The van der Waals surface area contributed by atoms with Gasteiger partial charge >= 0.3 is 6.18 Å². The van der Waals surface area contributed by atoms with E-state index in [0.717, 1.165) is 4.68 Å². The summed E-state index contributed by atoms with van der Waals surface area (Å²) in [6.07, 6.45) is -4.53. The van der Waals surface area contributed by atoms with Crippen LogP contribution in [-0.4, -0.2) is 9.78 Å². The summed E-state index contributed by atoms with van der Waals surface area (Å²) in [5.74, 6) is -0.381. The summed E-state index contributed by atoms with van der Waals surface area (Å²) >= 11 is 0. The predicted molar refractivity (Wildman–Crippen MR) is 48.6 cm³/mol. The lowest BCUT2D eigenvalue weighted by Gasteiger charge is -2.14. The van der Waals surface area contributed by atoms with Gasteiger partial charge in [-0.25, -0.2) is 4.68 Å². The highest BCUT2D eigenvalue weighted by atomic mass is 19.4. The second kappa shape index (κ2) is 3.67. The van der Waals surface area contributed by atoms with E-state index in [1.807, 2.05) is 0 Å². The van der Waals surface area contributed by atoms with Crippen LogP contribution in [0.4, 0.5) is 13.2 Å². The molecule has 3 nitrogen and oxygen atoms in total. The summed E-state index contributed by atoms with van der Waals surface area (Å²) in [5.41, 5.74) is -1.81. The zero-order valence-electron chi connectivity index (χ0n) is 8.59. The summed E-state index contributed by atoms with van der Waals surface area (Å²) in [4.78, 5) is 11.1. The summed E-state index contributed by atoms with van der Waals surface area (Å²) < 4.78 is 38.5. The monoisotopic (exact) mass is 220 g/mol. The summed E-state index contributed by atoms with van der Waals surface area (Å²) in [6.45, 7) is 3.20. The van der Waals surface area contributed by atoms with Gasteiger partial charge in [-0.15, -0.1) is 0 Å². The van der Waals surface area contributed by atoms with Gasteiger partial charge in [0.05, 0.1) is 11.3 Å². The quantitative estimate of drug-likeness (QED) is 0.724. The Morgan fingerprint density at radius 2 is 1.93 bits per heavy atom. The van der Waals surface area contributed by atoms with Crippen molar-refractivity contribution in [1.29, 1.82) is 0 Å². The average molecular weight is 220 g/mol. The smallest absolute Gasteiger partial charge is 0.268 e. The van der Waals surface area contributed by atoms with Gasteiger partial charge in [0, 0.05) is 13.1 Å². The summed E-state index contributed by atoms with van der Waals surface area (Å²) in [5, 5.41) is 3.62. The van der Waals surface area contributed by atoms with Gasteiger partial charge in [-0.3, -0.25) is 4.79 Å². The highest BCUT2D eigenvalue weighted by molar-refractivity contribution is 5.23. The molecule has 1 heterocycles. The van der Waals surface area contributed by atoms with Crippen molar-refractivity contribution in [2.45, 2.75) is 25.9 Å². The van der Waals surface area contributed by atoms with E-state index < -0.39 is 17.3 Å². The molecule has 0 unspecified atom stereocenters. The third kappa shape index (κ3) is 2.37. The third-order valence-electron chi connectivity index (χ3n) is 1.97. The minimum Gasteiger partial charge on any atom is -0.268 e. The molecule has 1 aromatic rings. The number of alkyl halides is 3. The van der Waals surface area contributed by atoms with Crippen molar-refractivity contribution in [2.24, 2.45) is 7.05 Å². The zero-order valence-corrected chi connectivity index (χ0v) is 8.59. The summed E-state index contributed by atoms with van der Waals surface area (Å²) in [7, 11) is 1.33. The Bertz CT molecular complexity index is 420. The van der Waals surface area contributed by atoms with Crippen LogP contribution in [0.25, 0.3) is 0 Å². The van der Waals surface area contributed by atoms with E-state index in [9.17, 15) is 18.0 Å². The Kier molecular flexibility index (Phi) is 2.88. The van der Waals surface area contributed by atoms with E-state index >= 15 is 0 Å². The van der Waals surface area contributed by atoms with Crippen LogP contribution in [0.5, 0.6) is 0 Å². The van der Waals surface area contributed by atoms with Crippen molar-refractivity contribution in [3.63, 3.8) is 0 Å². The number of rotatable bonds is 1. The molecule has 0 atom stereocenters. The Balaban J connectivity index is 3.49. The average Bonchev–Trinajstić information content (AvgIpc) is 2.06. The molecule has 0 fully saturated rings. The largest absolute Gasteiger partial charge is 0.418 e. The molecule has 0 amide bonds. The molecule has 0 N–H and O–H groups in total. The first-order chi connectivity index (χ1) is 6.73. The number of hydrogen-bond acceptors (Lipinski definition) is 2. The lowest BCUT2D eigenvalue weighted by Crippen LogP contribution is -2.25. The second-order valence-corrected chi connectivity index (χ2v) is 3.56. The molecule has 0 aliphatic rings. The van der Waals surface area contributed by atoms with Crippen LogP contribution in [0.1, 0.15) is 31.0 Å². The molecule has 15 heavy (non-hydrogen) atoms. The fourth-order valence-corrected chi connectivity index (χ4v) is 1.21. The topological polar surface area (TPSA) is 34.9 Å². The fourth-order valence-electron chi connectivity index (χ4n) is 1.21. The maximum absolute atomic E-state index is 12.5. The molecule has 0 spiro atoms. The van der Waals surface area contributed by atoms with Crippen molar-refractivity contribution in [3.05, 3.63) is 27.7 Å². The molecule has 0 bridgehead atoms. The van der Waals surface area contributed by atoms with Gasteiger partial charge in [-0.05, 0) is 5.92 Å². The van der Waals surface area contributed by atoms with Crippen LogP contribution in [-0.2, 0) is 13.2 Å². The molecule has 0 aliphatic heterocycles. The molecule has 0 aliphatic carbocycles. The fraction of sp³-hybridized carbons (Fsp3) is 0.556. The van der Waals surface area contributed by atoms with E-state index in [4.69, 9.17) is 0 Å². The first-order valence-corrected chi connectivity index (χ1v) is 4.39. The second-order valence-electron chi connectivity index (χ2n) is 3.56. The van der Waals surface area contributed by atoms with Crippen LogP contribution < -0.4 is 5.56 Å². The predicted octanol–water partition coefficient (Wildman–Crippen LogP) is 1.92.